The summed E-state index contributed by atoms with van der Waals surface area (Å²) in [6.45, 7) is 1.97. The van der Waals surface area contributed by atoms with E-state index in [-0.39, 0.29) is 17.9 Å². The van der Waals surface area contributed by atoms with E-state index in [1.807, 2.05) is 37.3 Å². The van der Waals surface area contributed by atoms with Crippen molar-refractivity contribution < 1.29 is 4.79 Å². The third kappa shape index (κ3) is 4.54. The number of hydrogen-bond acceptors (Lipinski definition) is 3. The number of carbonyl (C=O) groups excluding carboxylic acids is 1. The van der Waals surface area contributed by atoms with E-state index in [1.54, 1.807) is 18.2 Å². The van der Waals surface area contributed by atoms with Crippen LogP contribution in [0.1, 0.15) is 22.8 Å². The minimum atomic E-state index is -0.184. The van der Waals surface area contributed by atoms with Crippen molar-refractivity contribution in [2.75, 3.05) is 0 Å². The van der Waals surface area contributed by atoms with Crippen LogP contribution in [0.2, 0.25) is 5.02 Å². The molecule has 27 heavy (non-hydrogen) atoms. The van der Waals surface area contributed by atoms with Gasteiger partial charge in [0.2, 0.25) is 0 Å². The maximum Gasteiger partial charge on any atom is 0.251 e. The van der Waals surface area contributed by atoms with Crippen LogP contribution in [0.5, 0.6) is 0 Å². The minimum absolute atomic E-state index is 0.0229. The first kappa shape index (κ1) is 18.7. The number of aliphatic imine (C=N–C) groups is 1. The molecule has 1 aromatic heterocycles. The van der Waals surface area contributed by atoms with E-state index in [1.165, 1.54) is 6.20 Å². The van der Waals surface area contributed by atoms with Gasteiger partial charge in [0.25, 0.3) is 5.91 Å². The number of nitrogens with two attached hydrogens (primary N) is 2. The lowest BCUT2D eigenvalue weighted by Crippen LogP contribution is -2.34. The third-order valence-corrected chi connectivity index (χ3v) is 4.38. The van der Waals surface area contributed by atoms with Crippen molar-refractivity contribution in [2.24, 2.45) is 16.5 Å². The van der Waals surface area contributed by atoms with Crippen LogP contribution >= 0.6 is 11.6 Å². The first-order valence-electron chi connectivity index (χ1n) is 8.46. The summed E-state index contributed by atoms with van der Waals surface area (Å²) in [5, 5.41) is 4.80. The van der Waals surface area contributed by atoms with E-state index >= 15 is 0 Å². The number of nitrogens with zero attached hydrogens (tertiary/aromatic N) is 2. The third-order valence-electron chi connectivity index (χ3n) is 4.08. The molecule has 138 valence electrons. The van der Waals surface area contributed by atoms with E-state index in [4.69, 9.17) is 23.1 Å². The van der Waals surface area contributed by atoms with Crippen LogP contribution in [0.4, 0.5) is 5.82 Å². The summed E-state index contributed by atoms with van der Waals surface area (Å²) >= 11 is 6.20. The Morgan fingerprint density at radius 2 is 1.93 bits per heavy atom. The number of pyridine rings is 1. The molecule has 0 fully saturated rings. The summed E-state index contributed by atoms with van der Waals surface area (Å²) in [7, 11) is 0. The molecule has 0 radical (unpaired) electrons. The molecule has 1 heterocycles. The highest BCUT2D eigenvalue weighted by molar-refractivity contribution is 6.35. The topological polar surface area (TPSA) is 106 Å². The first-order valence-corrected chi connectivity index (χ1v) is 8.84. The van der Waals surface area contributed by atoms with Crippen LogP contribution in [0, 0.1) is 0 Å². The van der Waals surface area contributed by atoms with E-state index < -0.39 is 0 Å². The summed E-state index contributed by atoms with van der Waals surface area (Å²) in [6, 6.07) is 15.2. The minimum Gasteiger partial charge on any atom is -0.370 e. The molecular weight excluding hydrogens is 362 g/mol. The number of nitrogens with one attached hydrogen (secondary N) is 1. The lowest BCUT2D eigenvalue weighted by Gasteiger charge is -2.14. The number of benzene rings is 2. The van der Waals surface area contributed by atoms with Crippen LogP contribution in [0.3, 0.4) is 0 Å². The highest BCUT2D eigenvalue weighted by Crippen LogP contribution is 2.30. The second kappa shape index (κ2) is 8.05. The molecule has 3 aromatic rings. The molecule has 1 atom stereocenters. The lowest BCUT2D eigenvalue weighted by atomic mass is 10.1. The molecule has 0 aliphatic carbocycles. The zero-order valence-corrected chi connectivity index (χ0v) is 15.6. The number of hydrogen-bond donors (Lipinski definition) is 3. The summed E-state index contributed by atoms with van der Waals surface area (Å²) in [5.41, 5.74) is 12.6. The normalized spacial score (nSPS) is 11.8. The Balaban J connectivity index is 1.85. The molecule has 0 aliphatic rings. The molecule has 1 unspecified atom stereocenters. The van der Waals surface area contributed by atoms with Gasteiger partial charge < -0.3 is 16.8 Å². The Morgan fingerprint density at radius 3 is 2.63 bits per heavy atom. The molecule has 5 N–H and O–H groups in total. The monoisotopic (exact) mass is 381 g/mol. The molecule has 0 saturated carbocycles. The van der Waals surface area contributed by atoms with Crippen molar-refractivity contribution in [1.82, 2.24) is 10.3 Å². The standard InChI is InChI=1S/C20H20ClN5O/c1-12(9-13-5-3-2-4-6-13)25-19(27)14-7-8-15-16(10-14)18(26-20(22)23)24-11-17(15)21/h2-8,10-12H,9H2,1H3,(H,25,27)(H4,22,23,24,26). The smallest absolute Gasteiger partial charge is 0.251 e. The average Bonchev–Trinajstić information content (AvgIpc) is 2.64. The molecule has 3 rings (SSSR count). The van der Waals surface area contributed by atoms with Gasteiger partial charge >= 0.3 is 0 Å². The zero-order valence-electron chi connectivity index (χ0n) is 14.8. The Hall–Kier alpha value is -3.12. The van der Waals surface area contributed by atoms with Gasteiger partial charge in [-0.2, -0.15) is 4.99 Å². The number of guanidine groups is 1. The van der Waals surface area contributed by atoms with Crippen molar-refractivity contribution in [2.45, 2.75) is 19.4 Å². The largest absolute Gasteiger partial charge is 0.370 e. The van der Waals surface area contributed by atoms with Gasteiger partial charge in [0.1, 0.15) is 0 Å². The summed E-state index contributed by atoms with van der Waals surface area (Å²) in [4.78, 5) is 20.8. The molecule has 7 heteroatoms. The van der Waals surface area contributed by atoms with Crippen LogP contribution in [0.25, 0.3) is 10.8 Å². The second-order valence-corrected chi connectivity index (χ2v) is 6.70. The van der Waals surface area contributed by atoms with Gasteiger partial charge in [-0.3, -0.25) is 4.79 Å². The molecular formula is C20H20ClN5O. The quantitative estimate of drug-likeness (QED) is 0.466. The molecule has 0 bridgehead atoms. The van der Waals surface area contributed by atoms with Crippen LogP contribution < -0.4 is 16.8 Å². The number of rotatable bonds is 5. The molecule has 6 nitrogen and oxygen atoms in total. The van der Waals surface area contributed by atoms with Gasteiger partial charge in [0, 0.05) is 28.6 Å². The lowest BCUT2D eigenvalue weighted by molar-refractivity contribution is 0.0940. The maximum atomic E-state index is 12.7. The fraction of sp³-hybridized carbons (Fsp3) is 0.150. The molecule has 2 aromatic carbocycles. The van der Waals surface area contributed by atoms with Crippen molar-refractivity contribution in [1.29, 1.82) is 0 Å². The first-order chi connectivity index (χ1) is 12.9. The second-order valence-electron chi connectivity index (χ2n) is 6.29. The van der Waals surface area contributed by atoms with Gasteiger partial charge in [-0.15, -0.1) is 0 Å². The molecule has 1 amide bonds. The number of amides is 1. The SMILES string of the molecule is CC(Cc1ccccc1)NC(=O)c1ccc2c(Cl)cnc(N=C(N)N)c2c1. The van der Waals surface area contributed by atoms with Crippen molar-refractivity contribution >= 4 is 40.1 Å². The van der Waals surface area contributed by atoms with E-state index in [0.717, 1.165) is 17.4 Å². The average molecular weight is 382 g/mol. The number of aromatic nitrogens is 1. The van der Waals surface area contributed by atoms with Crippen molar-refractivity contribution in [3.05, 3.63) is 70.9 Å². The van der Waals surface area contributed by atoms with Crippen LogP contribution in [0.15, 0.2) is 59.7 Å². The van der Waals surface area contributed by atoms with Gasteiger partial charge in [0.05, 0.1) is 5.02 Å². The summed E-state index contributed by atoms with van der Waals surface area (Å²) in [5.74, 6) is 0.0230. The predicted octanol–water partition coefficient (Wildman–Crippen LogP) is 3.15. The molecule has 0 aliphatic heterocycles. The Labute approximate surface area is 162 Å². The fourth-order valence-corrected chi connectivity index (χ4v) is 3.09. The van der Waals surface area contributed by atoms with Crippen LogP contribution in [-0.4, -0.2) is 22.9 Å². The highest BCUT2D eigenvalue weighted by atomic mass is 35.5. The molecule has 0 saturated heterocycles. The predicted molar refractivity (Wildman–Crippen MR) is 109 cm³/mol. The Bertz CT molecular complexity index is 1000. The maximum absolute atomic E-state index is 12.7. The van der Waals surface area contributed by atoms with Crippen molar-refractivity contribution in [3.63, 3.8) is 0 Å². The number of halogens is 1. The summed E-state index contributed by atoms with van der Waals surface area (Å²) < 4.78 is 0. The Morgan fingerprint density at radius 1 is 1.19 bits per heavy atom. The highest BCUT2D eigenvalue weighted by Gasteiger charge is 2.13. The van der Waals surface area contributed by atoms with Gasteiger partial charge in [0.15, 0.2) is 11.8 Å². The zero-order chi connectivity index (χ0) is 19.4. The van der Waals surface area contributed by atoms with E-state index in [9.17, 15) is 4.79 Å². The molecule has 0 spiro atoms. The van der Waals surface area contributed by atoms with Crippen molar-refractivity contribution in [3.8, 4) is 0 Å². The van der Waals surface area contributed by atoms with Gasteiger partial charge in [-0.05, 0) is 31.0 Å². The fourth-order valence-electron chi connectivity index (χ4n) is 2.87. The van der Waals surface area contributed by atoms with Crippen LogP contribution in [-0.2, 0) is 6.42 Å². The van der Waals surface area contributed by atoms with Gasteiger partial charge in [-0.25, -0.2) is 4.98 Å². The van der Waals surface area contributed by atoms with E-state index in [0.29, 0.717) is 21.8 Å². The van der Waals surface area contributed by atoms with Gasteiger partial charge in [-0.1, -0.05) is 48.0 Å². The number of fused-ring (bicyclic) bond motifs is 1. The Kier molecular flexibility index (Phi) is 5.57. The number of carbonyl (C=O) groups is 1. The van der Waals surface area contributed by atoms with E-state index in [2.05, 4.69) is 15.3 Å². The summed E-state index contributed by atoms with van der Waals surface area (Å²) in [6.07, 6.45) is 2.22.